The maximum absolute atomic E-state index is 14.0. The molecule has 1 N–H and O–H groups in total. The quantitative estimate of drug-likeness (QED) is 0.413. The lowest BCUT2D eigenvalue weighted by molar-refractivity contribution is -0.117. The van der Waals surface area contributed by atoms with E-state index in [2.05, 4.69) is 48.3 Å². The average molecular weight is 510 g/mol. The number of fused-ring (bicyclic) bond motifs is 1. The Balaban J connectivity index is 1.63. The van der Waals surface area contributed by atoms with Crippen LogP contribution in [0.5, 0.6) is 5.75 Å². The van der Waals surface area contributed by atoms with Gasteiger partial charge in [-0.05, 0) is 73.7 Å². The van der Waals surface area contributed by atoms with Crippen LogP contribution in [-0.2, 0) is 9.59 Å². The average Bonchev–Trinajstić information content (AvgIpc) is 3.09. The van der Waals surface area contributed by atoms with Crippen molar-refractivity contribution < 1.29 is 14.3 Å². The molecule has 1 heterocycles. The number of ether oxygens (including phenoxy) is 1. The third kappa shape index (κ3) is 4.67. The van der Waals surface area contributed by atoms with E-state index < -0.39 is 6.04 Å². The van der Waals surface area contributed by atoms with Crippen LogP contribution in [0.25, 0.3) is 0 Å². The van der Waals surface area contributed by atoms with Crippen LogP contribution in [-0.4, -0.2) is 31.9 Å². The lowest BCUT2D eigenvalue weighted by atomic mass is 9.78. The summed E-state index contributed by atoms with van der Waals surface area (Å²) in [5, 5.41) is 3.58. The number of rotatable bonds is 6. The molecule has 196 valence electrons. The van der Waals surface area contributed by atoms with Crippen LogP contribution in [0.1, 0.15) is 56.7 Å². The summed E-state index contributed by atoms with van der Waals surface area (Å²) in [6.07, 6.45) is 1.07. The second kappa shape index (κ2) is 10.7. The number of para-hydroxylation sites is 2. The molecule has 2 atom stereocenters. The molecule has 0 fully saturated rings. The SMILES string of the molecule is CCN(CC)c1ccc([C@H]2C3=C(C[C@H](c4ccc(OC)cc4)CC3=O)Nc3ccccc3N2C(C)=O)cc1. The van der Waals surface area contributed by atoms with Crippen molar-refractivity contribution in [3.05, 3.63) is 95.2 Å². The van der Waals surface area contributed by atoms with Crippen LogP contribution >= 0.6 is 0 Å². The maximum atomic E-state index is 14.0. The Morgan fingerprint density at radius 3 is 2.24 bits per heavy atom. The topological polar surface area (TPSA) is 61.9 Å². The van der Waals surface area contributed by atoms with Gasteiger partial charge in [-0.15, -0.1) is 0 Å². The van der Waals surface area contributed by atoms with Crippen molar-refractivity contribution >= 4 is 28.8 Å². The Morgan fingerprint density at radius 2 is 1.61 bits per heavy atom. The number of anilines is 3. The van der Waals surface area contributed by atoms with Gasteiger partial charge in [0.05, 0.1) is 24.5 Å². The molecule has 0 bridgehead atoms. The zero-order chi connectivity index (χ0) is 26.8. The van der Waals surface area contributed by atoms with E-state index in [-0.39, 0.29) is 17.6 Å². The number of hydrogen-bond acceptors (Lipinski definition) is 5. The first-order chi connectivity index (χ1) is 18.4. The molecule has 0 spiro atoms. The highest BCUT2D eigenvalue weighted by atomic mass is 16.5. The molecule has 0 saturated carbocycles. The van der Waals surface area contributed by atoms with Crippen molar-refractivity contribution in [2.75, 3.05) is 35.3 Å². The molecule has 6 heteroatoms. The minimum absolute atomic E-state index is 0.0430. The van der Waals surface area contributed by atoms with E-state index in [1.54, 1.807) is 18.9 Å². The van der Waals surface area contributed by atoms with Crippen LogP contribution in [0.4, 0.5) is 17.1 Å². The van der Waals surface area contributed by atoms with Crippen LogP contribution in [0.3, 0.4) is 0 Å². The number of allylic oxidation sites excluding steroid dienone is 1. The van der Waals surface area contributed by atoms with Gasteiger partial charge in [0.1, 0.15) is 5.75 Å². The first kappa shape index (κ1) is 25.6. The van der Waals surface area contributed by atoms with Gasteiger partial charge in [-0.25, -0.2) is 0 Å². The predicted octanol–water partition coefficient (Wildman–Crippen LogP) is 6.46. The van der Waals surface area contributed by atoms with E-state index in [1.807, 2.05) is 48.5 Å². The van der Waals surface area contributed by atoms with Crippen molar-refractivity contribution in [2.45, 2.75) is 45.6 Å². The highest BCUT2D eigenvalue weighted by molar-refractivity contribution is 6.06. The third-order valence-corrected chi connectivity index (χ3v) is 7.75. The van der Waals surface area contributed by atoms with Gasteiger partial charge < -0.3 is 15.0 Å². The number of carbonyl (C=O) groups excluding carboxylic acids is 2. The Kier molecular flexibility index (Phi) is 7.23. The molecule has 5 rings (SSSR count). The molecule has 2 aliphatic rings. The highest BCUT2D eigenvalue weighted by Crippen LogP contribution is 2.47. The molecule has 1 amide bonds. The Hall–Kier alpha value is -4.06. The van der Waals surface area contributed by atoms with Gasteiger partial charge in [-0.2, -0.15) is 0 Å². The summed E-state index contributed by atoms with van der Waals surface area (Å²) < 4.78 is 5.32. The van der Waals surface area contributed by atoms with E-state index in [1.165, 1.54) is 0 Å². The molecule has 1 aliphatic carbocycles. The standard InChI is InChI=1S/C32H35N3O3/c1-5-34(6-2)25-15-11-23(12-16-25)32-31-28(33-27-9-7-8-10-29(27)35(32)21(3)36)19-24(20-30(31)37)22-13-17-26(38-4)18-14-22/h7-18,24,32-33H,5-6,19-20H2,1-4H3/t24-,32-/m0/s1. The minimum atomic E-state index is -0.506. The summed E-state index contributed by atoms with van der Waals surface area (Å²) >= 11 is 0. The number of ketones is 1. The number of Topliss-reactive ketones (excluding diaryl/α,β-unsaturated/α-hetero) is 1. The molecule has 0 aromatic heterocycles. The van der Waals surface area contributed by atoms with Gasteiger partial charge in [-0.3, -0.25) is 14.5 Å². The molecule has 3 aromatic rings. The van der Waals surface area contributed by atoms with Gasteiger partial charge in [-0.1, -0.05) is 36.4 Å². The molecule has 0 unspecified atom stereocenters. The van der Waals surface area contributed by atoms with E-state index in [9.17, 15) is 9.59 Å². The Morgan fingerprint density at radius 1 is 0.947 bits per heavy atom. The van der Waals surface area contributed by atoms with Gasteiger partial charge in [0.25, 0.3) is 0 Å². The predicted molar refractivity (Wildman–Crippen MR) is 153 cm³/mol. The number of benzene rings is 3. The number of nitrogens with zero attached hydrogens (tertiary/aromatic N) is 2. The number of amides is 1. The van der Waals surface area contributed by atoms with Crippen molar-refractivity contribution in [2.24, 2.45) is 0 Å². The first-order valence-electron chi connectivity index (χ1n) is 13.4. The molecule has 6 nitrogen and oxygen atoms in total. The normalized spacial score (nSPS) is 18.7. The summed E-state index contributed by atoms with van der Waals surface area (Å²) in [6.45, 7) is 7.68. The highest BCUT2D eigenvalue weighted by Gasteiger charge is 2.40. The number of nitrogens with one attached hydrogen (secondary N) is 1. The first-order valence-corrected chi connectivity index (χ1v) is 13.4. The monoisotopic (exact) mass is 509 g/mol. The van der Waals surface area contributed by atoms with Crippen LogP contribution in [0.2, 0.25) is 0 Å². The molecule has 0 saturated heterocycles. The summed E-state index contributed by atoms with van der Waals surface area (Å²) in [6, 6.07) is 23.6. The molecule has 3 aromatic carbocycles. The lowest BCUT2D eigenvalue weighted by Gasteiger charge is -2.35. The third-order valence-electron chi connectivity index (χ3n) is 7.75. The molecular weight excluding hydrogens is 474 g/mol. The fraction of sp³-hybridized carbons (Fsp3) is 0.312. The van der Waals surface area contributed by atoms with Crippen LogP contribution < -0.4 is 19.9 Å². The lowest BCUT2D eigenvalue weighted by Crippen LogP contribution is -2.37. The number of carbonyl (C=O) groups is 2. The van der Waals surface area contributed by atoms with E-state index in [4.69, 9.17) is 4.74 Å². The second-order valence-corrected chi connectivity index (χ2v) is 9.89. The Labute approximate surface area is 224 Å². The van der Waals surface area contributed by atoms with E-state index in [0.29, 0.717) is 18.4 Å². The smallest absolute Gasteiger partial charge is 0.224 e. The van der Waals surface area contributed by atoms with Crippen molar-refractivity contribution in [3.8, 4) is 5.75 Å². The molecule has 1 aliphatic heterocycles. The number of methoxy groups -OCH3 is 1. The molecule has 0 radical (unpaired) electrons. The van der Waals surface area contributed by atoms with Crippen molar-refractivity contribution in [1.82, 2.24) is 0 Å². The molecule has 38 heavy (non-hydrogen) atoms. The fourth-order valence-corrected chi connectivity index (χ4v) is 5.82. The van der Waals surface area contributed by atoms with Crippen LogP contribution in [0.15, 0.2) is 84.1 Å². The van der Waals surface area contributed by atoms with Crippen molar-refractivity contribution in [1.29, 1.82) is 0 Å². The zero-order valence-corrected chi connectivity index (χ0v) is 22.5. The van der Waals surface area contributed by atoms with E-state index in [0.717, 1.165) is 52.7 Å². The van der Waals surface area contributed by atoms with Gasteiger partial charge in [0, 0.05) is 43.4 Å². The van der Waals surface area contributed by atoms with Crippen LogP contribution in [0, 0.1) is 0 Å². The van der Waals surface area contributed by atoms with E-state index >= 15 is 0 Å². The summed E-state index contributed by atoms with van der Waals surface area (Å²) in [7, 11) is 1.65. The maximum Gasteiger partial charge on any atom is 0.224 e. The largest absolute Gasteiger partial charge is 0.497 e. The second-order valence-electron chi connectivity index (χ2n) is 9.89. The van der Waals surface area contributed by atoms with Crippen molar-refractivity contribution in [3.63, 3.8) is 0 Å². The van der Waals surface area contributed by atoms with Gasteiger partial charge >= 0.3 is 0 Å². The number of hydrogen-bond donors (Lipinski definition) is 1. The van der Waals surface area contributed by atoms with Gasteiger partial charge in [0.2, 0.25) is 5.91 Å². The minimum Gasteiger partial charge on any atom is -0.497 e. The summed E-state index contributed by atoms with van der Waals surface area (Å²) in [5.41, 5.74) is 6.34. The summed E-state index contributed by atoms with van der Waals surface area (Å²) in [4.78, 5) is 31.3. The Bertz CT molecular complexity index is 1360. The van der Waals surface area contributed by atoms with Gasteiger partial charge in [0.15, 0.2) is 5.78 Å². The zero-order valence-electron chi connectivity index (χ0n) is 22.5. The fourth-order valence-electron chi connectivity index (χ4n) is 5.82. The molecular formula is C32H35N3O3. The summed E-state index contributed by atoms with van der Waals surface area (Å²) in [5.74, 6) is 0.802.